The number of amides is 1. The molecule has 0 fully saturated rings. The Hall–Kier alpha value is -1.89. The Morgan fingerprint density at radius 1 is 1.14 bits per heavy atom. The van der Waals surface area contributed by atoms with Crippen LogP contribution < -0.4 is 0 Å². The molecule has 0 bridgehead atoms. The van der Waals surface area contributed by atoms with E-state index in [1.54, 1.807) is 13.8 Å². The molecule has 0 atom stereocenters. The van der Waals surface area contributed by atoms with Crippen LogP contribution in [0.1, 0.15) is 38.1 Å². The first-order valence-electron chi connectivity index (χ1n) is 6.78. The first-order valence-corrected chi connectivity index (χ1v) is 8.32. The van der Waals surface area contributed by atoms with Crippen molar-refractivity contribution >= 4 is 21.7 Å². The van der Waals surface area contributed by atoms with Crippen LogP contribution in [-0.4, -0.2) is 48.1 Å². The molecule has 0 heterocycles. The average Bonchev–Trinajstić information content (AvgIpc) is 2.45. The number of likely N-dealkylation sites (N-methyl/N-ethyl adjacent to an activating group) is 1. The molecule has 0 saturated carbocycles. The second-order valence-corrected chi connectivity index (χ2v) is 8.35. The van der Waals surface area contributed by atoms with Crippen molar-refractivity contribution in [3.8, 4) is 0 Å². The lowest BCUT2D eigenvalue weighted by Gasteiger charge is -2.31. The summed E-state index contributed by atoms with van der Waals surface area (Å²) in [6, 6.07) is 5.52. The highest BCUT2D eigenvalue weighted by Crippen LogP contribution is 2.20. The smallest absolute Gasteiger partial charge is 0.329 e. The minimum Gasteiger partial charge on any atom is -0.480 e. The lowest BCUT2D eigenvalue weighted by molar-refractivity contribution is -0.147. The topological polar surface area (TPSA) is 91.8 Å². The maximum absolute atomic E-state index is 12.3. The van der Waals surface area contributed by atoms with E-state index >= 15 is 0 Å². The van der Waals surface area contributed by atoms with Crippen LogP contribution in [-0.2, 0) is 14.6 Å². The zero-order chi connectivity index (χ0) is 17.3. The number of carbonyl (C=O) groups is 2. The molecular weight excluding hydrogens is 306 g/mol. The molecule has 1 rings (SSSR count). The van der Waals surface area contributed by atoms with Crippen LogP contribution >= 0.6 is 0 Å². The number of hydrogen-bond acceptors (Lipinski definition) is 4. The Bertz CT molecular complexity index is 674. The van der Waals surface area contributed by atoms with Crippen molar-refractivity contribution in [1.82, 2.24) is 4.90 Å². The summed E-state index contributed by atoms with van der Waals surface area (Å²) in [4.78, 5) is 24.7. The summed E-state index contributed by atoms with van der Waals surface area (Å²) in [6.45, 7) is 6.00. The largest absolute Gasteiger partial charge is 0.480 e. The van der Waals surface area contributed by atoms with Crippen LogP contribution in [0.25, 0.3) is 0 Å². The third-order valence-corrected chi connectivity index (χ3v) is 5.89. The number of sulfone groups is 1. The number of rotatable bonds is 5. The fourth-order valence-electron chi connectivity index (χ4n) is 1.65. The van der Waals surface area contributed by atoms with Gasteiger partial charge in [0.1, 0.15) is 5.54 Å². The van der Waals surface area contributed by atoms with Crippen LogP contribution in [0, 0.1) is 0 Å². The average molecular weight is 327 g/mol. The Morgan fingerprint density at radius 2 is 1.59 bits per heavy atom. The second kappa shape index (κ2) is 6.08. The quantitative estimate of drug-likeness (QED) is 0.890. The lowest BCUT2D eigenvalue weighted by atomic mass is 10.0. The maximum atomic E-state index is 12.3. The van der Waals surface area contributed by atoms with E-state index in [4.69, 9.17) is 5.11 Å². The van der Waals surface area contributed by atoms with Crippen LogP contribution in [0.2, 0.25) is 0 Å². The van der Waals surface area contributed by atoms with Gasteiger partial charge in [0.15, 0.2) is 9.84 Å². The molecule has 122 valence electrons. The van der Waals surface area contributed by atoms with Crippen molar-refractivity contribution in [1.29, 1.82) is 0 Å². The van der Waals surface area contributed by atoms with Crippen molar-refractivity contribution in [2.75, 3.05) is 7.05 Å². The predicted octanol–water partition coefficient (Wildman–Crippen LogP) is 1.80. The summed E-state index contributed by atoms with van der Waals surface area (Å²) in [7, 11) is -2.00. The zero-order valence-electron chi connectivity index (χ0n) is 13.3. The summed E-state index contributed by atoms with van der Waals surface area (Å²) in [6.07, 6.45) is 0. The zero-order valence-corrected chi connectivity index (χ0v) is 14.1. The molecule has 0 aliphatic heterocycles. The Morgan fingerprint density at radius 3 is 1.95 bits per heavy atom. The Balaban J connectivity index is 3.11. The highest BCUT2D eigenvalue weighted by Gasteiger charge is 2.35. The molecule has 0 aliphatic carbocycles. The van der Waals surface area contributed by atoms with Crippen LogP contribution in [0.4, 0.5) is 0 Å². The van der Waals surface area contributed by atoms with Gasteiger partial charge in [-0.05, 0) is 52.0 Å². The van der Waals surface area contributed by atoms with Crippen molar-refractivity contribution in [2.24, 2.45) is 0 Å². The van der Waals surface area contributed by atoms with E-state index in [0.29, 0.717) is 0 Å². The standard InChI is InChI=1S/C15H21NO5S/c1-10(2)22(20,21)12-8-6-11(7-9-12)13(17)16(5)15(3,4)14(18)19/h6-10H,1-5H3,(H,18,19). The summed E-state index contributed by atoms with van der Waals surface area (Å²) in [5.74, 6) is -1.61. The molecule has 7 heteroatoms. The number of nitrogens with zero attached hydrogens (tertiary/aromatic N) is 1. The van der Waals surface area contributed by atoms with E-state index < -0.39 is 32.5 Å². The van der Waals surface area contributed by atoms with Gasteiger partial charge in [0, 0.05) is 12.6 Å². The summed E-state index contributed by atoms with van der Waals surface area (Å²) in [5.41, 5.74) is -1.13. The maximum Gasteiger partial charge on any atom is 0.329 e. The van der Waals surface area contributed by atoms with Gasteiger partial charge in [-0.1, -0.05) is 0 Å². The molecular formula is C15H21NO5S. The highest BCUT2D eigenvalue weighted by atomic mass is 32.2. The molecule has 0 saturated heterocycles. The summed E-state index contributed by atoms with van der Waals surface area (Å²) in [5, 5.41) is 8.59. The number of carbonyl (C=O) groups excluding carboxylic acids is 1. The fourth-order valence-corrected chi connectivity index (χ4v) is 2.71. The van der Waals surface area contributed by atoms with E-state index in [0.717, 1.165) is 4.90 Å². The third kappa shape index (κ3) is 3.30. The normalized spacial score (nSPS) is 12.3. The van der Waals surface area contributed by atoms with Gasteiger partial charge in [0.05, 0.1) is 10.1 Å². The minimum atomic E-state index is -3.40. The van der Waals surface area contributed by atoms with Crippen molar-refractivity contribution in [3.05, 3.63) is 29.8 Å². The van der Waals surface area contributed by atoms with E-state index in [9.17, 15) is 18.0 Å². The molecule has 0 aliphatic rings. The molecule has 0 spiro atoms. The molecule has 0 radical (unpaired) electrons. The van der Waals surface area contributed by atoms with Crippen LogP contribution in [0.15, 0.2) is 29.2 Å². The van der Waals surface area contributed by atoms with Gasteiger partial charge in [-0.3, -0.25) is 4.79 Å². The molecule has 1 aromatic rings. The number of hydrogen-bond donors (Lipinski definition) is 1. The van der Waals surface area contributed by atoms with Gasteiger partial charge in [-0.25, -0.2) is 13.2 Å². The third-order valence-electron chi connectivity index (χ3n) is 3.72. The minimum absolute atomic E-state index is 0.138. The van der Waals surface area contributed by atoms with Crippen molar-refractivity contribution in [3.63, 3.8) is 0 Å². The molecule has 22 heavy (non-hydrogen) atoms. The van der Waals surface area contributed by atoms with Gasteiger partial charge in [0.2, 0.25) is 0 Å². The van der Waals surface area contributed by atoms with Crippen molar-refractivity contribution in [2.45, 2.75) is 43.4 Å². The number of carboxylic acid groups (broad SMARTS) is 1. The Kier molecular flexibility index (Phi) is 5.02. The monoisotopic (exact) mass is 327 g/mol. The number of benzene rings is 1. The first-order chi connectivity index (χ1) is 9.92. The molecule has 1 aromatic carbocycles. The van der Waals surface area contributed by atoms with Gasteiger partial charge < -0.3 is 10.0 Å². The number of aliphatic carboxylic acids is 1. The molecule has 1 N–H and O–H groups in total. The van der Waals surface area contributed by atoms with E-state index in [2.05, 4.69) is 0 Å². The lowest BCUT2D eigenvalue weighted by Crippen LogP contribution is -2.50. The van der Waals surface area contributed by atoms with E-state index in [1.165, 1.54) is 45.2 Å². The number of carboxylic acids is 1. The molecule has 6 nitrogen and oxygen atoms in total. The SMILES string of the molecule is CC(C)S(=O)(=O)c1ccc(C(=O)N(C)C(C)(C)C(=O)O)cc1. The Labute approximate surface area is 130 Å². The van der Waals surface area contributed by atoms with E-state index in [1.807, 2.05) is 0 Å². The molecule has 0 aromatic heterocycles. The molecule has 1 amide bonds. The summed E-state index contributed by atoms with van der Waals surface area (Å²) >= 11 is 0. The van der Waals surface area contributed by atoms with Gasteiger partial charge in [-0.15, -0.1) is 0 Å². The van der Waals surface area contributed by atoms with E-state index in [-0.39, 0.29) is 10.5 Å². The molecule has 0 unspecified atom stereocenters. The fraction of sp³-hybridized carbons (Fsp3) is 0.467. The van der Waals surface area contributed by atoms with Crippen molar-refractivity contribution < 1.29 is 23.1 Å². The van der Waals surface area contributed by atoms with Crippen LogP contribution in [0.5, 0.6) is 0 Å². The van der Waals surface area contributed by atoms with Gasteiger partial charge >= 0.3 is 5.97 Å². The van der Waals surface area contributed by atoms with Gasteiger partial charge in [-0.2, -0.15) is 0 Å². The second-order valence-electron chi connectivity index (χ2n) is 5.85. The van der Waals surface area contributed by atoms with Gasteiger partial charge in [0.25, 0.3) is 5.91 Å². The predicted molar refractivity (Wildman–Crippen MR) is 82.6 cm³/mol. The highest BCUT2D eigenvalue weighted by molar-refractivity contribution is 7.92. The van der Waals surface area contributed by atoms with Crippen LogP contribution in [0.3, 0.4) is 0 Å². The first kappa shape index (κ1) is 18.2. The summed E-state index contributed by atoms with van der Waals surface area (Å²) < 4.78 is 24.0.